The van der Waals surface area contributed by atoms with Gasteiger partial charge in [0.2, 0.25) is 0 Å². The molecule has 2 N–H and O–H groups in total. The average Bonchev–Trinajstić information content (AvgIpc) is 2.58. The van der Waals surface area contributed by atoms with Crippen LogP contribution in [0.4, 0.5) is 0 Å². The van der Waals surface area contributed by atoms with E-state index in [4.69, 9.17) is 16.3 Å². The number of aliphatic imine (C=N–C) groups is 1. The van der Waals surface area contributed by atoms with Crippen molar-refractivity contribution in [2.45, 2.75) is 25.5 Å². The third-order valence-electron chi connectivity index (χ3n) is 4.25. The van der Waals surface area contributed by atoms with Gasteiger partial charge in [0.15, 0.2) is 5.96 Å². The highest BCUT2D eigenvalue weighted by atomic mass is 127. The molecule has 0 aromatic heterocycles. The van der Waals surface area contributed by atoms with Gasteiger partial charge in [-0.1, -0.05) is 29.8 Å². The molecule has 0 radical (unpaired) electrons. The minimum atomic E-state index is -0.147. The molecule has 0 bridgehead atoms. The highest BCUT2D eigenvalue weighted by Crippen LogP contribution is 2.27. The Bertz CT molecular complexity index is 592. The summed E-state index contributed by atoms with van der Waals surface area (Å²) < 4.78 is 5.87. The second-order valence-corrected chi connectivity index (χ2v) is 7.21. The summed E-state index contributed by atoms with van der Waals surface area (Å²) in [5.74, 6) is 0.770. The largest absolute Gasteiger partial charge is 0.373 e. The molecule has 1 aromatic carbocycles. The van der Waals surface area contributed by atoms with Crippen LogP contribution in [-0.4, -0.2) is 56.3 Å². The van der Waals surface area contributed by atoms with Crippen molar-refractivity contribution >= 4 is 41.5 Å². The van der Waals surface area contributed by atoms with E-state index in [9.17, 15) is 0 Å². The number of hydrogen-bond acceptors (Lipinski definition) is 3. The summed E-state index contributed by atoms with van der Waals surface area (Å²) in [4.78, 5) is 6.72. The van der Waals surface area contributed by atoms with Gasteiger partial charge in [0.05, 0.1) is 18.2 Å². The normalized spacial score (nSPS) is 18.5. The molecule has 2 rings (SSSR count). The number of hydrogen-bond donors (Lipinski definition) is 2. The number of morpholine rings is 1. The Morgan fingerprint density at radius 2 is 2.08 bits per heavy atom. The summed E-state index contributed by atoms with van der Waals surface area (Å²) in [6.45, 7) is 11.9. The molecule has 1 aliphatic rings. The fourth-order valence-electron chi connectivity index (χ4n) is 3.04. The van der Waals surface area contributed by atoms with Gasteiger partial charge in [-0.15, -0.1) is 30.6 Å². The second-order valence-electron chi connectivity index (χ2n) is 6.77. The molecule has 1 unspecified atom stereocenters. The van der Waals surface area contributed by atoms with Gasteiger partial charge >= 0.3 is 0 Å². The van der Waals surface area contributed by atoms with Crippen LogP contribution in [0, 0.1) is 0 Å². The van der Waals surface area contributed by atoms with Crippen molar-refractivity contribution in [2.24, 2.45) is 4.99 Å². The van der Waals surface area contributed by atoms with Gasteiger partial charge in [-0.05, 0) is 31.5 Å². The number of benzene rings is 1. The number of guanidine groups is 1. The zero-order valence-electron chi connectivity index (χ0n) is 15.8. The van der Waals surface area contributed by atoms with Crippen molar-refractivity contribution in [1.82, 2.24) is 15.5 Å². The molecular formula is C19H30ClIN4O. The van der Waals surface area contributed by atoms with E-state index >= 15 is 0 Å². The van der Waals surface area contributed by atoms with Gasteiger partial charge in [-0.25, -0.2) is 0 Å². The fraction of sp³-hybridized carbons (Fsp3) is 0.526. The molecule has 26 heavy (non-hydrogen) atoms. The molecule has 1 atom stereocenters. The van der Waals surface area contributed by atoms with Gasteiger partial charge in [0.1, 0.15) is 0 Å². The topological polar surface area (TPSA) is 48.9 Å². The lowest BCUT2D eigenvalue weighted by molar-refractivity contribution is -0.0971. The Morgan fingerprint density at radius 1 is 1.38 bits per heavy atom. The summed E-state index contributed by atoms with van der Waals surface area (Å²) in [6, 6.07) is 8.29. The highest BCUT2D eigenvalue weighted by molar-refractivity contribution is 14.0. The number of nitrogens with one attached hydrogen (secondary N) is 2. The minimum Gasteiger partial charge on any atom is -0.373 e. The average molecular weight is 493 g/mol. The molecule has 5 nitrogen and oxygen atoms in total. The number of nitrogens with zero attached hydrogens (tertiary/aromatic N) is 2. The standard InChI is InChI=1S/C19H29ClN4O.HI/c1-5-10-22-18(21-4)23-13-17(15-6-8-16(20)9-7-15)24-11-12-25-19(2,3)14-24;/h5-9,17H,1,10-14H2,2-4H3,(H2,21,22,23);1H. The van der Waals surface area contributed by atoms with E-state index < -0.39 is 0 Å². The maximum absolute atomic E-state index is 6.07. The van der Waals surface area contributed by atoms with Crippen LogP contribution in [-0.2, 0) is 4.74 Å². The summed E-state index contributed by atoms with van der Waals surface area (Å²) in [5.41, 5.74) is 1.08. The molecule has 0 spiro atoms. The van der Waals surface area contributed by atoms with Crippen molar-refractivity contribution < 1.29 is 4.74 Å². The molecular weight excluding hydrogens is 463 g/mol. The molecule has 1 fully saturated rings. The first-order valence-electron chi connectivity index (χ1n) is 8.64. The Morgan fingerprint density at radius 3 is 2.65 bits per heavy atom. The van der Waals surface area contributed by atoms with Crippen molar-refractivity contribution in [2.75, 3.05) is 39.8 Å². The second kappa shape index (κ2) is 11.1. The smallest absolute Gasteiger partial charge is 0.191 e. The Hall–Kier alpha value is -0.830. The maximum Gasteiger partial charge on any atom is 0.191 e. The molecule has 0 amide bonds. The first-order valence-corrected chi connectivity index (χ1v) is 9.02. The van der Waals surface area contributed by atoms with Crippen LogP contribution in [0.5, 0.6) is 0 Å². The molecule has 0 saturated carbocycles. The van der Waals surface area contributed by atoms with Crippen LogP contribution in [0.2, 0.25) is 5.02 Å². The molecule has 1 heterocycles. The van der Waals surface area contributed by atoms with Crippen molar-refractivity contribution in [3.05, 3.63) is 47.5 Å². The number of ether oxygens (including phenoxy) is 1. The van der Waals surface area contributed by atoms with Gasteiger partial charge in [-0.2, -0.15) is 0 Å². The molecule has 7 heteroatoms. The summed E-state index contributed by atoms with van der Waals surface area (Å²) in [6.07, 6.45) is 1.81. The van der Waals surface area contributed by atoms with Gasteiger partial charge in [0, 0.05) is 38.2 Å². The predicted octanol–water partition coefficient (Wildman–Crippen LogP) is 3.46. The highest BCUT2D eigenvalue weighted by Gasteiger charge is 2.32. The molecule has 1 aromatic rings. The van der Waals surface area contributed by atoms with E-state index in [0.717, 1.165) is 37.2 Å². The van der Waals surface area contributed by atoms with Crippen molar-refractivity contribution in [3.63, 3.8) is 0 Å². The van der Waals surface area contributed by atoms with Gasteiger partial charge in [-0.3, -0.25) is 9.89 Å². The lowest BCUT2D eigenvalue weighted by Gasteiger charge is -2.42. The Kier molecular flexibility index (Phi) is 9.92. The molecule has 1 saturated heterocycles. The van der Waals surface area contributed by atoms with Crippen LogP contribution in [0.25, 0.3) is 0 Å². The molecule has 0 aliphatic carbocycles. The summed E-state index contributed by atoms with van der Waals surface area (Å²) in [7, 11) is 1.77. The van der Waals surface area contributed by atoms with Crippen LogP contribution in [0.1, 0.15) is 25.5 Å². The SMILES string of the molecule is C=CCNC(=NC)NCC(c1ccc(Cl)cc1)N1CCOC(C)(C)C1.I. The van der Waals surface area contributed by atoms with Crippen LogP contribution in [0.3, 0.4) is 0 Å². The van der Waals surface area contributed by atoms with E-state index in [1.807, 2.05) is 18.2 Å². The van der Waals surface area contributed by atoms with E-state index in [2.05, 4.69) is 53.1 Å². The van der Waals surface area contributed by atoms with Gasteiger partial charge in [0.25, 0.3) is 0 Å². The number of rotatable bonds is 6. The first kappa shape index (κ1) is 23.2. The van der Waals surface area contributed by atoms with E-state index in [1.54, 1.807) is 7.05 Å². The first-order chi connectivity index (χ1) is 11.9. The predicted molar refractivity (Wildman–Crippen MR) is 121 cm³/mol. The minimum absolute atomic E-state index is 0. The van der Waals surface area contributed by atoms with Crippen LogP contribution in [0.15, 0.2) is 41.9 Å². The zero-order chi connectivity index (χ0) is 18.3. The third kappa shape index (κ3) is 7.06. The lowest BCUT2D eigenvalue weighted by atomic mass is 10.0. The quantitative estimate of drug-likeness (QED) is 0.276. The molecule has 146 valence electrons. The lowest BCUT2D eigenvalue weighted by Crippen LogP contribution is -2.52. The zero-order valence-corrected chi connectivity index (χ0v) is 18.9. The summed E-state index contributed by atoms with van der Waals surface area (Å²) >= 11 is 6.07. The number of halogens is 2. The maximum atomic E-state index is 6.07. The van der Waals surface area contributed by atoms with E-state index in [1.165, 1.54) is 5.56 Å². The summed E-state index contributed by atoms with van der Waals surface area (Å²) in [5, 5.41) is 7.38. The van der Waals surface area contributed by atoms with Crippen molar-refractivity contribution in [3.8, 4) is 0 Å². The monoisotopic (exact) mass is 492 g/mol. The third-order valence-corrected chi connectivity index (χ3v) is 4.50. The molecule has 1 aliphatic heterocycles. The van der Waals surface area contributed by atoms with Crippen LogP contribution < -0.4 is 10.6 Å². The Balaban J connectivity index is 0.00000338. The van der Waals surface area contributed by atoms with E-state index in [-0.39, 0.29) is 35.6 Å². The fourth-order valence-corrected chi connectivity index (χ4v) is 3.17. The van der Waals surface area contributed by atoms with Gasteiger partial charge < -0.3 is 15.4 Å². The Labute approximate surface area is 179 Å². The van der Waals surface area contributed by atoms with E-state index in [0.29, 0.717) is 6.54 Å². The van der Waals surface area contributed by atoms with Crippen molar-refractivity contribution in [1.29, 1.82) is 0 Å². The van der Waals surface area contributed by atoms with Crippen LogP contribution >= 0.6 is 35.6 Å².